The van der Waals surface area contributed by atoms with E-state index in [2.05, 4.69) is 10.3 Å². The van der Waals surface area contributed by atoms with E-state index in [4.69, 9.17) is 22.3 Å². The summed E-state index contributed by atoms with van der Waals surface area (Å²) >= 11 is 0. The molecule has 2 rings (SSSR count). The molecule has 10 nitrogen and oxygen atoms in total. The molecular formula is C15H20N2O8S. The van der Waals surface area contributed by atoms with Crippen molar-refractivity contribution in [2.45, 2.75) is 26.3 Å². The molecule has 1 aromatic rings. The molecule has 0 aliphatic carbocycles. The maximum Gasteiger partial charge on any atom is 0.394 e. The van der Waals surface area contributed by atoms with E-state index in [1.54, 1.807) is 19.1 Å². The Morgan fingerprint density at radius 3 is 2.23 bits per heavy atom. The van der Waals surface area contributed by atoms with Gasteiger partial charge in [-0.25, -0.2) is 4.79 Å². The highest BCUT2D eigenvalue weighted by atomic mass is 32.3. The molecule has 1 atom stereocenters. The number of hydrogen-bond acceptors (Lipinski definition) is 6. The van der Waals surface area contributed by atoms with E-state index in [1.165, 1.54) is 13.2 Å². The van der Waals surface area contributed by atoms with Crippen LogP contribution in [0.2, 0.25) is 0 Å². The number of amidine groups is 1. The number of amides is 1. The molecule has 1 aliphatic heterocycles. The largest absolute Gasteiger partial charge is 0.496 e. The van der Waals surface area contributed by atoms with Crippen LogP contribution in [0.15, 0.2) is 23.2 Å². The number of aliphatic imine (C=N–C) groups is 1. The number of nitrogens with one attached hydrogen (secondary N) is 1. The van der Waals surface area contributed by atoms with Gasteiger partial charge in [0.15, 0.2) is 0 Å². The number of aromatic carboxylic acids is 1. The van der Waals surface area contributed by atoms with Crippen molar-refractivity contribution in [1.29, 1.82) is 0 Å². The Labute approximate surface area is 150 Å². The summed E-state index contributed by atoms with van der Waals surface area (Å²) in [5.41, 5.74) is -0.571. The molecule has 1 aliphatic rings. The first kappa shape index (κ1) is 21.5. The number of benzene rings is 1. The second-order valence-corrected chi connectivity index (χ2v) is 6.75. The summed E-state index contributed by atoms with van der Waals surface area (Å²) in [7, 11) is -3.22. The molecule has 1 heterocycles. The monoisotopic (exact) mass is 388 g/mol. The molecule has 0 saturated heterocycles. The standard InChI is InChI=1S/C15H18N2O4.H2O4S/c1-8(2)15(3)14(20)16-12(17-15)11-9(13(18)19)6-5-7-10(11)21-4;1-5(2,3)4/h5-8H,1-4H3,(H,18,19)(H,16,17,20);(H2,1,2,3,4). The minimum atomic E-state index is -4.67. The zero-order chi connectivity index (χ0) is 20.3. The van der Waals surface area contributed by atoms with E-state index in [1.807, 2.05) is 13.8 Å². The lowest BCUT2D eigenvalue weighted by Gasteiger charge is -2.21. The predicted molar refractivity (Wildman–Crippen MR) is 92.1 cm³/mol. The highest BCUT2D eigenvalue weighted by Crippen LogP contribution is 2.30. The summed E-state index contributed by atoms with van der Waals surface area (Å²) in [6.07, 6.45) is 0. The van der Waals surface area contributed by atoms with Crippen LogP contribution in [0.3, 0.4) is 0 Å². The Morgan fingerprint density at radius 2 is 1.85 bits per heavy atom. The number of rotatable bonds is 4. The van der Waals surface area contributed by atoms with Crippen LogP contribution < -0.4 is 10.1 Å². The van der Waals surface area contributed by atoms with Gasteiger partial charge in [-0.3, -0.25) is 18.9 Å². The minimum Gasteiger partial charge on any atom is -0.496 e. The summed E-state index contributed by atoms with van der Waals surface area (Å²) < 4.78 is 36.8. The Morgan fingerprint density at radius 1 is 1.31 bits per heavy atom. The lowest BCUT2D eigenvalue weighted by molar-refractivity contribution is -0.124. The third-order valence-electron chi connectivity index (χ3n) is 3.87. The lowest BCUT2D eigenvalue weighted by atomic mass is 9.89. The SMILES string of the molecule is COc1cccc(C(=O)O)c1C1=NC(C)(C(C)C)C(=O)N1.O=S(=O)(O)O. The van der Waals surface area contributed by atoms with Crippen molar-refractivity contribution in [2.75, 3.05) is 7.11 Å². The molecule has 0 aromatic heterocycles. The van der Waals surface area contributed by atoms with E-state index in [9.17, 15) is 14.7 Å². The Balaban J connectivity index is 0.000000597. The molecule has 0 saturated carbocycles. The van der Waals surface area contributed by atoms with E-state index in [0.717, 1.165) is 0 Å². The van der Waals surface area contributed by atoms with Gasteiger partial charge in [0.25, 0.3) is 5.91 Å². The molecule has 1 unspecified atom stereocenters. The molecule has 4 N–H and O–H groups in total. The van der Waals surface area contributed by atoms with E-state index >= 15 is 0 Å². The van der Waals surface area contributed by atoms with Crippen molar-refractivity contribution in [3.8, 4) is 5.75 Å². The first-order valence-corrected chi connectivity index (χ1v) is 8.72. The van der Waals surface area contributed by atoms with Gasteiger partial charge in [0.2, 0.25) is 0 Å². The fourth-order valence-corrected chi connectivity index (χ4v) is 2.18. The van der Waals surface area contributed by atoms with Gasteiger partial charge in [0.05, 0.1) is 18.2 Å². The van der Waals surface area contributed by atoms with Crippen molar-refractivity contribution >= 4 is 28.1 Å². The predicted octanol–water partition coefficient (Wildman–Crippen LogP) is 1.03. The molecule has 0 radical (unpaired) electrons. The normalized spacial score (nSPS) is 19.3. The highest BCUT2D eigenvalue weighted by molar-refractivity contribution is 7.79. The molecule has 144 valence electrons. The fourth-order valence-electron chi connectivity index (χ4n) is 2.18. The first-order valence-electron chi connectivity index (χ1n) is 7.33. The van der Waals surface area contributed by atoms with Crippen LogP contribution >= 0.6 is 0 Å². The Bertz CT molecular complexity index is 839. The van der Waals surface area contributed by atoms with Gasteiger partial charge in [-0.05, 0) is 25.0 Å². The maximum absolute atomic E-state index is 12.2. The minimum absolute atomic E-state index is 0.0158. The average molecular weight is 388 g/mol. The molecule has 1 aromatic carbocycles. The van der Waals surface area contributed by atoms with Gasteiger partial charge >= 0.3 is 16.4 Å². The Hall–Kier alpha value is -2.50. The van der Waals surface area contributed by atoms with Crippen LogP contribution in [0.1, 0.15) is 36.7 Å². The van der Waals surface area contributed by atoms with E-state index in [-0.39, 0.29) is 23.2 Å². The maximum atomic E-state index is 12.2. The lowest BCUT2D eigenvalue weighted by Crippen LogP contribution is -2.41. The molecule has 0 bridgehead atoms. The molecular weight excluding hydrogens is 368 g/mol. The average Bonchev–Trinajstić information content (AvgIpc) is 2.81. The topological polar surface area (TPSA) is 163 Å². The van der Waals surface area contributed by atoms with Gasteiger partial charge in [0, 0.05) is 0 Å². The Kier molecular flexibility index (Phi) is 6.47. The third-order valence-corrected chi connectivity index (χ3v) is 3.87. The van der Waals surface area contributed by atoms with Crippen molar-refractivity contribution in [1.82, 2.24) is 5.32 Å². The van der Waals surface area contributed by atoms with Gasteiger partial charge < -0.3 is 15.2 Å². The fraction of sp³-hybridized carbons (Fsp3) is 0.400. The van der Waals surface area contributed by atoms with Crippen LogP contribution in [-0.2, 0) is 15.2 Å². The number of methoxy groups -OCH3 is 1. The first-order chi connectivity index (χ1) is 11.8. The second kappa shape index (κ2) is 7.81. The number of carbonyl (C=O) groups is 2. The van der Waals surface area contributed by atoms with Gasteiger partial charge in [0.1, 0.15) is 17.1 Å². The number of carbonyl (C=O) groups excluding carboxylic acids is 1. The molecule has 0 fully saturated rings. The summed E-state index contributed by atoms with van der Waals surface area (Å²) in [5, 5.41) is 12.0. The van der Waals surface area contributed by atoms with Crippen molar-refractivity contribution in [2.24, 2.45) is 10.9 Å². The molecule has 1 amide bonds. The molecule has 11 heteroatoms. The van der Waals surface area contributed by atoms with Crippen LogP contribution in [0.25, 0.3) is 0 Å². The van der Waals surface area contributed by atoms with E-state index < -0.39 is 21.9 Å². The number of nitrogens with zero attached hydrogens (tertiary/aromatic N) is 1. The summed E-state index contributed by atoms with van der Waals surface area (Å²) in [6.45, 7) is 5.52. The van der Waals surface area contributed by atoms with Gasteiger partial charge in [-0.15, -0.1) is 0 Å². The van der Waals surface area contributed by atoms with Crippen molar-refractivity contribution < 1.29 is 37.0 Å². The number of carboxylic acids is 1. The van der Waals surface area contributed by atoms with Crippen LogP contribution in [0, 0.1) is 5.92 Å². The summed E-state index contributed by atoms with van der Waals surface area (Å²) in [4.78, 5) is 28.0. The van der Waals surface area contributed by atoms with Gasteiger partial charge in [-0.2, -0.15) is 8.42 Å². The van der Waals surface area contributed by atoms with Crippen LogP contribution in [0.5, 0.6) is 5.75 Å². The zero-order valence-corrected chi connectivity index (χ0v) is 15.4. The smallest absolute Gasteiger partial charge is 0.394 e. The highest BCUT2D eigenvalue weighted by Gasteiger charge is 2.43. The zero-order valence-electron chi connectivity index (χ0n) is 14.5. The number of hydrogen-bond donors (Lipinski definition) is 4. The molecule has 26 heavy (non-hydrogen) atoms. The van der Waals surface area contributed by atoms with Gasteiger partial charge in [-0.1, -0.05) is 19.9 Å². The van der Waals surface area contributed by atoms with Crippen molar-refractivity contribution in [3.05, 3.63) is 29.3 Å². The summed E-state index contributed by atoms with van der Waals surface area (Å²) in [6, 6.07) is 4.69. The third kappa shape index (κ3) is 5.00. The van der Waals surface area contributed by atoms with Crippen molar-refractivity contribution in [3.63, 3.8) is 0 Å². The van der Waals surface area contributed by atoms with Crippen LogP contribution in [-0.4, -0.2) is 53.0 Å². The summed E-state index contributed by atoms with van der Waals surface area (Å²) in [5.74, 6) is -0.750. The van der Waals surface area contributed by atoms with Crippen LogP contribution in [0.4, 0.5) is 0 Å². The molecule has 0 spiro atoms. The quantitative estimate of drug-likeness (QED) is 0.556. The second-order valence-electron chi connectivity index (χ2n) is 5.85. The van der Waals surface area contributed by atoms with E-state index in [0.29, 0.717) is 11.3 Å². The number of ether oxygens (including phenoxy) is 1. The number of carboxylic acid groups (broad SMARTS) is 1.